The molecule has 1 fully saturated rings. The molecule has 2 aromatic rings. The largest absolute Gasteiger partial charge is 0.382 e. The van der Waals surface area contributed by atoms with E-state index in [-0.39, 0.29) is 6.04 Å². The highest BCUT2D eigenvalue weighted by atomic mass is 15.4. The first-order chi connectivity index (χ1) is 10.2. The molecule has 0 unspecified atom stereocenters. The van der Waals surface area contributed by atoms with E-state index in [4.69, 9.17) is 11.5 Å². The van der Waals surface area contributed by atoms with Crippen LogP contribution in [0.25, 0.3) is 5.82 Å². The summed E-state index contributed by atoms with van der Waals surface area (Å²) in [7, 11) is 0. The van der Waals surface area contributed by atoms with Crippen LogP contribution < -0.4 is 16.4 Å². The molecule has 8 heteroatoms. The topological polar surface area (TPSA) is 123 Å². The second-order valence-corrected chi connectivity index (χ2v) is 5.00. The highest BCUT2D eigenvalue weighted by Gasteiger charge is 2.25. The molecule has 0 aliphatic carbocycles. The number of rotatable bonds is 2. The fourth-order valence-corrected chi connectivity index (χ4v) is 2.44. The number of nitriles is 1. The van der Waals surface area contributed by atoms with Crippen molar-refractivity contribution in [1.29, 1.82) is 5.26 Å². The summed E-state index contributed by atoms with van der Waals surface area (Å²) >= 11 is 0. The van der Waals surface area contributed by atoms with Gasteiger partial charge < -0.3 is 16.4 Å². The Bertz CT molecular complexity index is 663. The smallest absolute Gasteiger partial charge is 0.171 e. The van der Waals surface area contributed by atoms with Crippen molar-refractivity contribution in [2.45, 2.75) is 18.9 Å². The first-order valence-corrected chi connectivity index (χ1v) is 6.76. The first kappa shape index (κ1) is 13.3. The molecule has 0 spiro atoms. The van der Waals surface area contributed by atoms with E-state index in [9.17, 15) is 5.26 Å². The Morgan fingerprint density at radius 2 is 2.10 bits per heavy atom. The molecule has 21 heavy (non-hydrogen) atoms. The third kappa shape index (κ3) is 2.39. The summed E-state index contributed by atoms with van der Waals surface area (Å²) in [5, 5.41) is 13.8. The van der Waals surface area contributed by atoms with Gasteiger partial charge in [0.25, 0.3) is 0 Å². The van der Waals surface area contributed by atoms with Crippen molar-refractivity contribution in [1.82, 2.24) is 19.7 Å². The van der Waals surface area contributed by atoms with E-state index < -0.39 is 0 Å². The lowest BCUT2D eigenvalue weighted by molar-refractivity contribution is 0.497. The van der Waals surface area contributed by atoms with Gasteiger partial charge in [0.05, 0.1) is 0 Å². The molecule has 1 aliphatic rings. The molecular weight excluding hydrogens is 268 g/mol. The lowest BCUT2D eigenvalue weighted by atomic mass is 10.1. The van der Waals surface area contributed by atoms with E-state index in [1.54, 1.807) is 12.3 Å². The zero-order chi connectivity index (χ0) is 14.8. The van der Waals surface area contributed by atoms with Crippen LogP contribution in [0.5, 0.6) is 0 Å². The van der Waals surface area contributed by atoms with Gasteiger partial charge in [0.2, 0.25) is 0 Å². The quantitative estimate of drug-likeness (QED) is 0.798. The van der Waals surface area contributed by atoms with Crippen LogP contribution in [0.4, 0.5) is 11.6 Å². The van der Waals surface area contributed by atoms with Crippen LogP contribution in [0.3, 0.4) is 0 Å². The van der Waals surface area contributed by atoms with E-state index in [1.807, 2.05) is 0 Å². The molecule has 3 heterocycles. The van der Waals surface area contributed by atoms with Crippen LogP contribution in [0, 0.1) is 11.3 Å². The summed E-state index contributed by atoms with van der Waals surface area (Å²) in [6.45, 7) is 1.55. The van der Waals surface area contributed by atoms with Crippen LogP contribution in [0.1, 0.15) is 18.4 Å². The van der Waals surface area contributed by atoms with Gasteiger partial charge in [-0.25, -0.2) is 9.97 Å². The predicted molar refractivity (Wildman–Crippen MR) is 77.7 cm³/mol. The minimum Gasteiger partial charge on any atom is -0.382 e. The second kappa shape index (κ2) is 5.38. The number of anilines is 2. The Morgan fingerprint density at radius 3 is 2.71 bits per heavy atom. The van der Waals surface area contributed by atoms with Crippen molar-refractivity contribution < 1.29 is 0 Å². The zero-order valence-electron chi connectivity index (χ0n) is 11.5. The molecule has 3 rings (SSSR count). The molecule has 8 nitrogen and oxygen atoms in total. The maximum atomic E-state index is 9.37. The van der Waals surface area contributed by atoms with Gasteiger partial charge in [-0.1, -0.05) is 0 Å². The summed E-state index contributed by atoms with van der Waals surface area (Å²) in [6, 6.07) is 4.05. The molecule has 0 amide bonds. The molecule has 0 atom stereocenters. The van der Waals surface area contributed by atoms with Gasteiger partial charge in [-0.05, 0) is 12.8 Å². The number of piperidine rings is 1. The fourth-order valence-electron chi connectivity index (χ4n) is 2.44. The van der Waals surface area contributed by atoms with E-state index in [0.29, 0.717) is 23.0 Å². The number of hydrogen-bond donors (Lipinski definition) is 2. The number of nitrogens with two attached hydrogens (primary N) is 2. The molecule has 0 bridgehead atoms. The van der Waals surface area contributed by atoms with Crippen LogP contribution in [0.2, 0.25) is 0 Å². The predicted octanol–water partition coefficient (Wildman–Crippen LogP) is 0.0437. The van der Waals surface area contributed by atoms with E-state index in [2.05, 4.69) is 26.0 Å². The Hall–Kier alpha value is -2.66. The van der Waals surface area contributed by atoms with E-state index >= 15 is 0 Å². The van der Waals surface area contributed by atoms with Gasteiger partial charge in [0.1, 0.15) is 23.8 Å². The summed E-state index contributed by atoms with van der Waals surface area (Å²) in [5.74, 6) is 1.43. The molecular formula is C13H16N8. The van der Waals surface area contributed by atoms with E-state index in [1.165, 1.54) is 11.0 Å². The Morgan fingerprint density at radius 1 is 1.33 bits per heavy atom. The Labute approximate surface area is 122 Å². The van der Waals surface area contributed by atoms with Crippen molar-refractivity contribution in [3.05, 3.63) is 24.2 Å². The average molecular weight is 284 g/mol. The average Bonchev–Trinajstić information content (AvgIpc) is 2.85. The van der Waals surface area contributed by atoms with Gasteiger partial charge in [-0.15, -0.1) is 5.10 Å². The fraction of sp³-hybridized carbons (Fsp3) is 0.385. The highest BCUT2D eigenvalue weighted by Crippen LogP contribution is 2.28. The van der Waals surface area contributed by atoms with Crippen LogP contribution in [-0.4, -0.2) is 38.9 Å². The molecule has 0 radical (unpaired) electrons. The minimum atomic E-state index is 0.216. The van der Waals surface area contributed by atoms with Crippen molar-refractivity contribution in [3.63, 3.8) is 0 Å². The standard InChI is InChI=1S/C13H16N8/c14-7-10-12(16)21(11-1-4-17-8-18-11)19-13(10)20-5-2-9(15)3-6-20/h1,4,8-9H,2-3,5-6,15-16H2. The number of hydrogen-bond acceptors (Lipinski definition) is 7. The van der Waals surface area contributed by atoms with Crippen LogP contribution in [-0.2, 0) is 0 Å². The van der Waals surface area contributed by atoms with Crippen molar-refractivity contribution in [3.8, 4) is 11.9 Å². The maximum Gasteiger partial charge on any atom is 0.171 e. The molecule has 1 saturated heterocycles. The second-order valence-electron chi connectivity index (χ2n) is 5.00. The summed E-state index contributed by atoms with van der Waals surface area (Å²) in [5.41, 5.74) is 12.3. The Balaban J connectivity index is 2.00. The Kier molecular flexibility index (Phi) is 3.41. The zero-order valence-corrected chi connectivity index (χ0v) is 11.5. The van der Waals surface area contributed by atoms with Gasteiger partial charge in [-0.2, -0.15) is 9.94 Å². The normalized spacial score (nSPS) is 15.9. The van der Waals surface area contributed by atoms with Gasteiger partial charge in [-0.3, -0.25) is 0 Å². The molecule has 0 aromatic carbocycles. The highest BCUT2D eigenvalue weighted by molar-refractivity contribution is 5.66. The third-order valence-electron chi connectivity index (χ3n) is 3.64. The van der Waals surface area contributed by atoms with Gasteiger partial charge in [0, 0.05) is 31.4 Å². The van der Waals surface area contributed by atoms with Crippen LogP contribution >= 0.6 is 0 Å². The molecule has 1 aliphatic heterocycles. The SMILES string of the molecule is N#Cc1c(N2CCC(N)CC2)nn(-c2ccncn2)c1N. The number of nitrogen functional groups attached to an aromatic ring is 1. The molecule has 0 saturated carbocycles. The summed E-state index contributed by atoms with van der Waals surface area (Å²) in [4.78, 5) is 10.0. The van der Waals surface area contributed by atoms with Gasteiger partial charge in [0.15, 0.2) is 11.6 Å². The van der Waals surface area contributed by atoms with Crippen molar-refractivity contribution >= 4 is 11.6 Å². The number of aromatic nitrogens is 4. The lowest BCUT2D eigenvalue weighted by Gasteiger charge is -2.30. The molecule has 108 valence electrons. The third-order valence-corrected chi connectivity index (χ3v) is 3.64. The first-order valence-electron chi connectivity index (χ1n) is 6.76. The molecule has 2 aromatic heterocycles. The minimum absolute atomic E-state index is 0.216. The van der Waals surface area contributed by atoms with E-state index in [0.717, 1.165) is 25.9 Å². The maximum absolute atomic E-state index is 9.37. The van der Waals surface area contributed by atoms with Gasteiger partial charge >= 0.3 is 0 Å². The monoisotopic (exact) mass is 284 g/mol. The summed E-state index contributed by atoms with van der Waals surface area (Å²) < 4.78 is 1.48. The van der Waals surface area contributed by atoms with Crippen molar-refractivity contribution in [2.75, 3.05) is 23.7 Å². The summed E-state index contributed by atoms with van der Waals surface area (Å²) in [6.07, 6.45) is 4.79. The lowest BCUT2D eigenvalue weighted by Crippen LogP contribution is -2.40. The number of nitrogens with zero attached hydrogens (tertiary/aromatic N) is 6. The van der Waals surface area contributed by atoms with Crippen LogP contribution in [0.15, 0.2) is 18.6 Å². The molecule has 4 N–H and O–H groups in total. The van der Waals surface area contributed by atoms with Crippen molar-refractivity contribution in [2.24, 2.45) is 5.73 Å².